The van der Waals surface area contributed by atoms with E-state index >= 15 is 0 Å². The SMILES string of the molecule is Nc1cccc(OCCNC(=O)NC2CC2)c1. The van der Waals surface area contributed by atoms with Gasteiger partial charge in [-0.1, -0.05) is 6.07 Å². The van der Waals surface area contributed by atoms with E-state index in [4.69, 9.17) is 10.5 Å². The summed E-state index contributed by atoms with van der Waals surface area (Å²) < 4.78 is 5.44. The van der Waals surface area contributed by atoms with Gasteiger partial charge in [0.1, 0.15) is 12.4 Å². The van der Waals surface area contributed by atoms with Crippen LogP contribution in [0.4, 0.5) is 10.5 Å². The average molecular weight is 235 g/mol. The monoisotopic (exact) mass is 235 g/mol. The summed E-state index contributed by atoms with van der Waals surface area (Å²) in [4.78, 5) is 11.3. The number of urea groups is 1. The quantitative estimate of drug-likeness (QED) is 0.528. The average Bonchev–Trinajstić information content (AvgIpc) is 3.08. The van der Waals surface area contributed by atoms with Gasteiger partial charge in [0.25, 0.3) is 0 Å². The van der Waals surface area contributed by atoms with Crippen molar-refractivity contribution in [2.75, 3.05) is 18.9 Å². The fourth-order valence-electron chi connectivity index (χ4n) is 1.40. The highest BCUT2D eigenvalue weighted by Crippen LogP contribution is 2.18. The van der Waals surface area contributed by atoms with Crippen molar-refractivity contribution in [3.8, 4) is 5.75 Å². The molecule has 92 valence electrons. The van der Waals surface area contributed by atoms with Gasteiger partial charge in [-0.2, -0.15) is 0 Å². The molecule has 0 radical (unpaired) electrons. The van der Waals surface area contributed by atoms with Crippen molar-refractivity contribution in [2.24, 2.45) is 0 Å². The van der Waals surface area contributed by atoms with Crippen molar-refractivity contribution in [1.29, 1.82) is 0 Å². The van der Waals surface area contributed by atoms with E-state index in [1.165, 1.54) is 0 Å². The Morgan fingerprint density at radius 2 is 2.29 bits per heavy atom. The van der Waals surface area contributed by atoms with Gasteiger partial charge in [-0.15, -0.1) is 0 Å². The molecule has 2 amide bonds. The first kappa shape index (κ1) is 11.6. The zero-order chi connectivity index (χ0) is 12.1. The third kappa shape index (κ3) is 4.22. The zero-order valence-corrected chi connectivity index (χ0v) is 9.61. The van der Waals surface area contributed by atoms with E-state index in [9.17, 15) is 4.79 Å². The summed E-state index contributed by atoms with van der Waals surface area (Å²) in [6.45, 7) is 0.912. The normalized spacial score (nSPS) is 14.1. The first-order valence-corrected chi connectivity index (χ1v) is 5.77. The summed E-state index contributed by atoms with van der Waals surface area (Å²) in [5, 5.41) is 5.57. The van der Waals surface area contributed by atoms with Crippen LogP contribution in [-0.4, -0.2) is 25.2 Å². The summed E-state index contributed by atoms with van der Waals surface area (Å²) in [6, 6.07) is 7.48. The molecule has 1 aromatic carbocycles. The topological polar surface area (TPSA) is 76.4 Å². The summed E-state index contributed by atoms with van der Waals surface area (Å²) >= 11 is 0. The van der Waals surface area contributed by atoms with Crippen LogP contribution in [0, 0.1) is 0 Å². The Morgan fingerprint density at radius 1 is 1.47 bits per heavy atom. The molecule has 5 heteroatoms. The minimum atomic E-state index is -0.122. The van der Waals surface area contributed by atoms with Crippen LogP contribution in [0.3, 0.4) is 0 Å². The van der Waals surface area contributed by atoms with Crippen LogP contribution in [-0.2, 0) is 0 Å². The Balaban J connectivity index is 1.60. The maximum Gasteiger partial charge on any atom is 0.315 e. The molecule has 0 unspecified atom stereocenters. The number of nitrogens with two attached hydrogens (primary N) is 1. The van der Waals surface area contributed by atoms with Gasteiger partial charge in [-0.3, -0.25) is 0 Å². The number of amides is 2. The molecule has 4 N–H and O–H groups in total. The number of rotatable bonds is 5. The van der Waals surface area contributed by atoms with Gasteiger partial charge in [0, 0.05) is 17.8 Å². The number of hydrogen-bond acceptors (Lipinski definition) is 3. The molecule has 1 aliphatic rings. The summed E-state index contributed by atoms with van der Waals surface area (Å²) in [5.41, 5.74) is 6.28. The molecule has 0 aromatic heterocycles. The van der Waals surface area contributed by atoms with Crippen molar-refractivity contribution in [1.82, 2.24) is 10.6 Å². The number of nitrogens with one attached hydrogen (secondary N) is 2. The Bertz CT molecular complexity index is 391. The van der Waals surface area contributed by atoms with Crippen LogP contribution in [0.15, 0.2) is 24.3 Å². The molecule has 0 aliphatic heterocycles. The van der Waals surface area contributed by atoms with Crippen molar-refractivity contribution in [2.45, 2.75) is 18.9 Å². The second-order valence-electron chi connectivity index (χ2n) is 4.10. The van der Waals surface area contributed by atoms with E-state index in [-0.39, 0.29) is 6.03 Å². The number of carbonyl (C=O) groups excluding carboxylic acids is 1. The molecule has 0 bridgehead atoms. The van der Waals surface area contributed by atoms with E-state index < -0.39 is 0 Å². The van der Waals surface area contributed by atoms with Crippen LogP contribution in [0.1, 0.15) is 12.8 Å². The summed E-state index contributed by atoms with van der Waals surface area (Å²) in [7, 11) is 0. The molecule has 5 nitrogen and oxygen atoms in total. The fourth-order valence-corrected chi connectivity index (χ4v) is 1.40. The molecule has 2 rings (SSSR count). The molecule has 17 heavy (non-hydrogen) atoms. The maximum absolute atomic E-state index is 11.3. The van der Waals surface area contributed by atoms with Crippen LogP contribution in [0.25, 0.3) is 0 Å². The second kappa shape index (κ2) is 5.43. The van der Waals surface area contributed by atoms with Crippen LogP contribution in [0.5, 0.6) is 5.75 Å². The predicted molar refractivity (Wildman–Crippen MR) is 65.9 cm³/mol. The van der Waals surface area contributed by atoms with Crippen molar-refractivity contribution in [3.63, 3.8) is 0 Å². The Morgan fingerprint density at radius 3 is 3.00 bits per heavy atom. The van der Waals surface area contributed by atoms with E-state index in [2.05, 4.69) is 10.6 Å². The number of hydrogen-bond donors (Lipinski definition) is 3. The number of anilines is 1. The molecule has 1 aromatic rings. The number of ether oxygens (including phenoxy) is 1. The van der Waals surface area contributed by atoms with E-state index in [1.54, 1.807) is 12.1 Å². The van der Waals surface area contributed by atoms with Crippen LogP contribution >= 0.6 is 0 Å². The molecular formula is C12H17N3O2. The van der Waals surface area contributed by atoms with Crippen molar-refractivity contribution < 1.29 is 9.53 Å². The minimum Gasteiger partial charge on any atom is -0.492 e. The van der Waals surface area contributed by atoms with Gasteiger partial charge in [0.05, 0.1) is 6.54 Å². The smallest absolute Gasteiger partial charge is 0.315 e. The number of benzene rings is 1. The van der Waals surface area contributed by atoms with Gasteiger partial charge >= 0.3 is 6.03 Å². The number of carbonyl (C=O) groups is 1. The third-order valence-corrected chi connectivity index (χ3v) is 2.43. The van der Waals surface area contributed by atoms with Gasteiger partial charge in [-0.25, -0.2) is 4.79 Å². The van der Waals surface area contributed by atoms with Gasteiger partial charge in [0.2, 0.25) is 0 Å². The first-order valence-electron chi connectivity index (χ1n) is 5.77. The van der Waals surface area contributed by atoms with E-state index in [0.29, 0.717) is 24.9 Å². The molecular weight excluding hydrogens is 218 g/mol. The highest BCUT2D eigenvalue weighted by atomic mass is 16.5. The van der Waals surface area contributed by atoms with E-state index in [1.807, 2.05) is 12.1 Å². The van der Waals surface area contributed by atoms with Crippen LogP contribution in [0.2, 0.25) is 0 Å². The lowest BCUT2D eigenvalue weighted by molar-refractivity contribution is 0.236. The zero-order valence-electron chi connectivity index (χ0n) is 9.61. The lowest BCUT2D eigenvalue weighted by atomic mass is 10.3. The Hall–Kier alpha value is -1.91. The lowest BCUT2D eigenvalue weighted by Crippen LogP contribution is -2.38. The maximum atomic E-state index is 11.3. The van der Waals surface area contributed by atoms with E-state index in [0.717, 1.165) is 18.6 Å². The highest BCUT2D eigenvalue weighted by Gasteiger charge is 2.22. The summed E-state index contributed by atoms with van der Waals surface area (Å²) in [6.07, 6.45) is 2.18. The molecule has 1 aliphatic carbocycles. The lowest BCUT2D eigenvalue weighted by Gasteiger charge is -2.08. The molecule has 0 spiro atoms. The van der Waals surface area contributed by atoms with Crippen LogP contribution < -0.4 is 21.1 Å². The van der Waals surface area contributed by atoms with Gasteiger partial charge in [0.15, 0.2) is 0 Å². The number of nitrogen functional groups attached to an aromatic ring is 1. The third-order valence-electron chi connectivity index (χ3n) is 2.43. The molecule has 0 atom stereocenters. The molecule has 0 heterocycles. The Labute approximate surface area is 100 Å². The molecule has 1 fully saturated rings. The van der Waals surface area contributed by atoms with Gasteiger partial charge in [-0.05, 0) is 25.0 Å². The molecule has 1 saturated carbocycles. The Kier molecular flexibility index (Phi) is 3.69. The van der Waals surface area contributed by atoms with Crippen molar-refractivity contribution >= 4 is 11.7 Å². The highest BCUT2D eigenvalue weighted by molar-refractivity contribution is 5.74. The van der Waals surface area contributed by atoms with Crippen molar-refractivity contribution in [3.05, 3.63) is 24.3 Å². The second-order valence-corrected chi connectivity index (χ2v) is 4.10. The predicted octanol–water partition coefficient (Wildman–Crippen LogP) is 1.11. The largest absolute Gasteiger partial charge is 0.492 e. The summed E-state index contributed by atoms with van der Waals surface area (Å²) in [5.74, 6) is 0.717. The standard InChI is InChI=1S/C12H17N3O2/c13-9-2-1-3-11(8-9)17-7-6-14-12(16)15-10-4-5-10/h1-3,8,10H,4-7,13H2,(H2,14,15,16). The first-order chi connectivity index (χ1) is 8.24. The van der Waals surface area contributed by atoms with Gasteiger partial charge < -0.3 is 21.1 Å². The molecule has 0 saturated heterocycles. The minimum absolute atomic E-state index is 0.122. The fraction of sp³-hybridized carbons (Fsp3) is 0.417.